The predicted octanol–water partition coefficient (Wildman–Crippen LogP) is 0.839. The standard InChI is InChI=1S/C20H25N5O5/c1-2-7-29-13-5-3-12(4-6-13)8-21-18-15-19(23-10-22-18)25(11-24-15)20-17(28)16(27)14(9-26)30-20/h3-6,10-11,14,16-17,20,26-28H,2,7-9H2,1H3,(H,21,22,23)/t14-,16-,17-,20-/m1/s1. The van der Waals surface area contributed by atoms with Crippen LogP contribution in [0.1, 0.15) is 25.1 Å². The van der Waals surface area contributed by atoms with Gasteiger partial charge in [-0.3, -0.25) is 4.57 Å². The first-order valence-electron chi connectivity index (χ1n) is 9.88. The van der Waals surface area contributed by atoms with Crippen LogP contribution >= 0.6 is 0 Å². The minimum atomic E-state index is -1.21. The number of nitrogens with one attached hydrogen (secondary N) is 1. The first-order valence-corrected chi connectivity index (χ1v) is 9.88. The number of ether oxygens (including phenoxy) is 2. The van der Waals surface area contributed by atoms with Crippen LogP contribution in [0.4, 0.5) is 5.82 Å². The van der Waals surface area contributed by atoms with Gasteiger partial charge in [0.25, 0.3) is 0 Å². The molecule has 3 heterocycles. The second-order valence-electron chi connectivity index (χ2n) is 7.12. The van der Waals surface area contributed by atoms with Crippen LogP contribution < -0.4 is 10.1 Å². The lowest BCUT2D eigenvalue weighted by molar-refractivity contribution is -0.0511. The Morgan fingerprint density at radius 1 is 1.13 bits per heavy atom. The molecule has 10 heteroatoms. The van der Waals surface area contributed by atoms with Crippen LogP contribution in [0.5, 0.6) is 5.75 Å². The van der Waals surface area contributed by atoms with Crippen LogP contribution in [-0.2, 0) is 11.3 Å². The van der Waals surface area contributed by atoms with Crippen molar-refractivity contribution in [3.8, 4) is 5.75 Å². The molecule has 160 valence electrons. The van der Waals surface area contributed by atoms with Gasteiger partial charge in [-0.05, 0) is 24.1 Å². The normalized spacial score (nSPS) is 23.7. The monoisotopic (exact) mass is 415 g/mol. The summed E-state index contributed by atoms with van der Waals surface area (Å²) >= 11 is 0. The second kappa shape index (κ2) is 8.92. The molecular formula is C20H25N5O5. The molecule has 0 spiro atoms. The van der Waals surface area contributed by atoms with Crippen molar-refractivity contribution in [2.75, 3.05) is 18.5 Å². The molecular weight excluding hydrogens is 390 g/mol. The van der Waals surface area contributed by atoms with E-state index >= 15 is 0 Å². The van der Waals surface area contributed by atoms with Gasteiger partial charge in [0.1, 0.15) is 30.4 Å². The van der Waals surface area contributed by atoms with Gasteiger partial charge in [0, 0.05) is 6.54 Å². The molecule has 1 aliphatic heterocycles. The molecule has 1 saturated heterocycles. The summed E-state index contributed by atoms with van der Waals surface area (Å²) in [7, 11) is 0. The van der Waals surface area contributed by atoms with E-state index in [0.29, 0.717) is 30.1 Å². The third-order valence-corrected chi connectivity index (χ3v) is 5.01. The highest BCUT2D eigenvalue weighted by atomic mass is 16.6. The van der Waals surface area contributed by atoms with Crippen LogP contribution in [-0.4, -0.2) is 66.4 Å². The maximum absolute atomic E-state index is 10.3. The number of aliphatic hydroxyl groups excluding tert-OH is 3. The number of rotatable bonds is 8. The van der Waals surface area contributed by atoms with Gasteiger partial charge in [0.2, 0.25) is 0 Å². The lowest BCUT2D eigenvalue weighted by Crippen LogP contribution is -2.33. The van der Waals surface area contributed by atoms with E-state index in [4.69, 9.17) is 9.47 Å². The zero-order valence-corrected chi connectivity index (χ0v) is 16.5. The fraction of sp³-hybridized carbons (Fsp3) is 0.450. The number of benzene rings is 1. The SMILES string of the molecule is CCCOc1ccc(CNc2ncnc3c2ncn3[C@@H]2O[C@H](CO)[C@@H](O)[C@H]2O)cc1. The Hall–Kier alpha value is -2.79. The number of fused-ring (bicyclic) bond motifs is 1. The number of aliphatic hydroxyl groups is 3. The fourth-order valence-electron chi connectivity index (χ4n) is 3.39. The van der Waals surface area contributed by atoms with Gasteiger partial charge in [-0.2, -0.15) is 0 Å². The van der Waals surface area contributed by atoms with Gasteiger partial charge in [-0.1, -0.05) is 19.1 Å². The summed E-state index contributed by atoms with van der Waals surface area (Å²) in [4.78, 5) is 12.9. The zero-order valence-electron chi connectivity index (χ0n) is 16.5. The number of anilines is 1. The molecule has 0 bridgehead atoms. The first kappa shape index (κ1) is 20.5. The molecule has 0 radical (unpaired) electrons. The third-order valence-electron chi connectivity index (χ3n) is 5.01. The van der Waals surface area contributed by atoms with Crippen LogP contribution in [0.3, 0.4) is 0 Å². The third kappa shape index (κ3) is 3.94. The quantitative estimate of drug-likeness (QED) is 0.422. The average molecular weight is 415 g/mol. The van der Waals surface area contributed by atoms with Crippen LogP contribution in [0, 0.1) is 0 Å². The lowest BCUT2D eigenvalue weighted by Gasteiger charge is -2.16. The Morgan fingerprint density at radius 3 is 2.63 bits per heavy atom. The largest absolute Gasteiger partial charge is 0.494 e. The maximum atomic E-state index is 10.3. The molecule has 1 aromatic carbocycles. The molecule has 3 aromatic rings. The molecule has 0 unspecified atom stereocenters. The van der Waals surface area contributed by atoms with E-state index in [1.54, 1.807) is 0 Å². The van der Waals surface area contributed by atoms with Gasteiger partial charge in [-0.25, -0.2) is 15.0 Å². The minimum absolute atomic E-state index is 0.397. The summed E-state index contributed by atoms with van der Waals surface area (Å²) in [5, 5.41) is 32.8. The number of nitrogens with zero attached hydrogens (tertiary/aromatic N) is 4. The number of imidazole rings is 1. The summed E-state index contributed by atoms with van der Waals surface area (Å²) < 4.78 is 12.7. The van der Waals surface area contributed by atoms with Crippen molar-refractivity contribution in [2.24, 2.45) is 0 Å². The predicted molar refractivity (Wildman–Crippen MR) is 108 cm³/mol. The zero-order chi connectivity index (χ0) is 21.1. The van der Waals surface area contributed by atoms with Crippen molar-refractivity contribution in [1.82, 2.24) is 19.5 Å². The van der Waals surface area contributed by atoms with Crippen LogP contribution in [0.15, 0.2) is 36.9 Å². The van der Waals surface area contributed by atoms with Crippen molar-refractivity contribution in [3.63, 3.8) is 0 Å². The smallest absolute Gasteiger partial charge is 0.167 e. The number of hydrogen-bond acceptors (Lipinski definition) is 9. The Labute approximate surface area is 173 Å². The molecule has 30 heavy (non-hydrogen) atoms. The van der Waals surface area contributed by atoms with Crippen molar-refractivity contribution in [2.45, 2.75) is 44.4 Å². The summed E-state index contributed by atoms with van der Waals surface area (Å²) in [6.45, 7) is 2.88. The van der Waals surface area contributed by atoms with E-state index in [2.05, 4.69) is 27.2 Å². The van der Waals surface area contributed by atoms with Crippen LogP contribution in [0.2, 0.25) is 0 Å². The van der Waals surface area contributed by atoms with Gasteiger partial charge in [-0.15, -0.1) is 0 Å². The van der Waals surface area contributed by atoms with Crippen LogP contribution in [0.25, 0.3) is 11.2 Å². The first-order chi connectivity index (χ1) is 14.6. The van der Waals surface area contributed by atoms with Crippen molar-refractivity contribution in [3.05, 3.63) is 42.5 Å². The van der Waals surface area contributed by atoms with E-state index in [9.17, 15) is 15.3 Å². The van der Waals surface area contributed by atoms with E-state index in [1.165, 1.54) is 17.2 Å². The maximum Gasteiger partial charge on any atom is 0.167 e. The molecule has 0 amide bonds. The van der Waals surface area contributed by atoms with Gasteiger partial charge < -0.3 is 30.1 Å². The molecule has 4 atom stereocenters. The second-order valence-corrected chi connectivity index (χ2v) is 7.12. The van der Waals surface area contributed by atoms with E-state index in [0.717, 1.165) is 17.7 Å². The van der Waals surface area contributed by atoms with Crippen molar-refractivity contribution >= 4 is 17.0 Å². The highest BCUT2D eigenvalue weighted by molar-refractivity contribution is 5.82. The molecule has 0 saturated carbocycles. The van der Waals surface area contributed by atoms with Crippen molar-refractivity contribution < 1.29 is 24.8 Å². The molecule has 4 N–H and O–H groups in total. The molecule has 10 nitrogen and oxygen atoms in total. The molecule has 1 fully saturated rings. The Bertz CT molecular complexity index is 979. The summed E-state index contributed by atoms with van der Waals surface area (Å²) in [6, 6.07) is 7.82. The Balaban J connectivity index is 1.50. The Kier molecular flexibility index (Phi) is 6.09. The molecule has 2 aromatic heterocycles. The van der Waals surface area contributed by atoms with Crippen molar-refractivity contribution in [1.29, 1.82) is 0 Å². The highest BCUT2D eigenvalue weighted by Gasteiger charge is 2.44. The molecule has 0 aliphatic carbocycles. The van der Waals surface area contributed by atoms with Gasteiger partial charge in [0.15, 0.2) is 23.2 Å². The Morgan fingerprint density at radius 2 is 1.93 bits per heavy atom. The summed E-state index contributed by atoms with van der Waals surface area (Å²) in [6.07, 6.45) is -0.342. The van der Waals surface area contributed by atoms with E-state index < -0.39 is 31.1 Å². The van der Waals surface area contributed by atoms with Gasteiger partial charge >= 0.3 is 0 Å². The highest BCUT2D eigenvalue weighted by Crippen LogP contribution is 2.32. The van der Waals surface area contributed by atoms with E-state index in [-0.39, 0.29) is 0 Å². The summed E-state index contributed by atoms with van der Waals surface area (Å²) in [5.74, 6) is 1.37. The van der Waals surface area contributed by atoms with E-state index in [1.807, 2.05) is 24.3 Å². The fourth-order valence-corrected chi connectivity index (χ4v) is 3.39. The summed E-state index contributed by atoms with van der Waals surface area (Å²) in [5.41, 5.74) is 2.01. The van der Waals surface area contributed by atoms with Gasteiger partial charge in [0.05, 0.1) is 19.5 Å². The minimum Gasteiger partial charge on any atom is -0.494 e. The number of hydrogen-bond donors (Lipinski definition) is 4. The molecule has 1 aliphatic rings. The average Bonchev–Trinajstić information content (AvgIpc) is 3.33. The lowest BCUT2D eigenvalue weighted by atomic mass is 10.1. The topological polar surface area (TPSA) is 135 Å². The number of aromatic nitrogens is 4. The molecule has 4 rings (SSSR count).